The molecular formula is C11H14FN2O. The topological polar surface area (TPSA) is 47.3 Å². The SMILES string of the molecule is NC1[CH]OCCC1Nc1ccc(F)cc1. The van der Waals surface area contributed by atoms with Gasteiger partial charge < -0.3 is 15.8 Å². The molecule has 4 heteroatoms. The van der Waals surface area contributed by atoms with Crippen molar-refractivity contribution in [2.45, 2.75) is 18.5 Å². The summed E-state index contributed by atoms with van der Waals surface area (Å²) in [7, 11) is 0. The van der Waals surface area contributed by atoms with Crippen LogP contribution in [0, 0.1) is 12.4 Å². The molecule has 0 bridgehead atoms. The average molecular weight is 209 g/mol. The van der Waals surface area contributed by atoms with E-state index in [0.717, 1.165) is 12.1 Å². The van der Waals surface area contributed by atoms with Crippen molar-refractivity contribution in [2.24, 2.45) is 5.73 Å². The number of hydrogen-bond donors (Lipinski definition) is 2. The Kier molecular flexibility index (Phi) is 3.18. The Labute approximate surface area is 88.4 Å². The highest BCUT2D eigenvalue weighted by molar-refractivity contribution is 5.44. The van der Waals surface area contributed by atoms with Crippen LogP contribution in [0.3, 0.4) is 0 Å². The summed E-state index contributed by atoms with van der Waals surface area (Å²) in [6.07, 6.45) is 0.856. The molecule has 1 aromatic carbocycles. The maximum Gasteiger partial charge on any atom is 0.123 e. The van der Waals surface area contributed by atoms with Crippen LogP contribution in [0.25, 0.3) is 0 Å². The van der Waals surface area contributed by atoms with E-state index in [0.29, 0.717) is 6.61 Å². The van der Waals surface area contributed by atoms with E-state index in [2.05, 4.69) is 5.32 Å². The highest BCUT2D eigenvalue weighted by Crippen LogP contribution is 2.16. The molecule has 2 rings (SSSR count). The highest BCUT2D eigenvalue weighted by atomic mass is 19.1. The lowest BCUT2D eigenvalue weighted by atomic mass is 10.0. The van der Waals surface area contributed by atoms with Crippen LogP contribution in [0.1, 0.15) is 6.42 Å². The van der Waals surface area contributed by atoms with Crippen molar-refractivity contribution in [1.82, 2.24) is 0 Å². The number of ether oxygens (including phenoxy) is 1. The number of halogens is 1. The van der Waals surface area contributed by atoms with Crippen LogP contribution < -0.4 is 11.1 Å². The zero-order chi connectivity index (χ0) is 10.7. The van der Waals surface area contributed by atoms with Crippen LogP contribution in [0.2, 0.25) is 0 Å². The first-order valence-electron chi connectivity index (χ1n) is 4.98. The smallest absolute Gasteiger partial charge is 0.123 e. The second kappa shape index (κ2) is 4.59. The minimum absolute atomic E-state index is 0.121. The first-order chi connectivity index (χ1) is 7.25. The zero-order valence-electron chi connectivity index (χ0n) is 8.32. The molecule has 0 aromatic heterocycles. The maximum absolute atomic E-state index is 12.7. The largest absolute Gasteiger partial charge is 0.381 e. The van der Waals surface area contributed by atoms with Gasteiger partial charge in [0, 0.05) is 18.3 Å². The van der Waals surface area contributed by atoms with Crippen LogP contribution in [-0.2, 0) is 4.74 Å². The molecule has 1 saturated heterocycles. The van der Waals surface area contributed by atoms with Gasteiger partial charge in [0.1, 0.15) is 12.4 Å². The summed E-state index contributed by atoms with van der Waals surface area (Å²) in [6, 6.07) is 6.30. The van der Waals surface area contributed by atoms with Gasteiger partial charge in [-0.3, -0.25) is 0 Å². The molecule has 2 atom stereocenters. The number of rotatable bonds is 2. The summed E-state index contributed by atoms with van der Waals surface area (Å²) in [6.45, 7) is 2.32. The fraction of sp³-hybridized carbons (Fsp3) is 0.364. The van der Waals surface area contributed by atoms with Crippen molar-refractivity contribution in [3.63, 3.8) is 0 Å². The fourth-order valence-electron chi connectivity index (χ4n) is 1.59. The lowest BCUT2D eigenvalue weighted by Gasteiger charge is -2.29. The summed E-state index contributed by atoms with van der Waals surface area (Å²) in [5.41, 5.74) is 6.72. The number of nitrogens with two attached hydrogens (primary N) is 1. The summed E-state index contributed by atoms with van der Waals surface area (Å²) >= 11 is 0. The van der Waals surface area contributed by atoms with Crippen LogP contribution in [0.4, 0.5) is 10.1 Å². The number of hydrogen-bond acceptors (Lipinski definition) is 3. The summed E-state index contributed by atoms with van der Waals surface area (Å²) in [5.74, 6) is -0.233. The Morgan fingerprint density at radius 2 is 2.07 bits per heavy atom. The summed E-state index contributed by atoms with van der Waals surface area (Å²) < 4.78 is 17.8. The molecule has 3 N–H and O–H groups in total. The van der Waals surface area contributed by atoms with Crippen LogP contribution in [0.5, 0.6) is 0 Å². The molecule has 0 spiro atoms. The Morgan fingerprint density at radius 3 is 2.73 bits per heavy atom. The molecule has 1 aliphatic heterocycles. The van der Waals surface area contributed by atoms with Gasteiger partial charge in [0.15, 0.2) is 0 Å². The van der Waals surface area contributed by atoms with Crippen LogP contribution >= 0.6 is 0 Å². The molecule has 1 aliphatic rings. The molecule has 1 aromatic rings. The molecule has 0 aliphatic carbocycles. The molecule has 0 saturated carbocycles. The predicted octanol–water partition coefficient (Wildman–Crippen LogP) is 1.52. The first-order valence-corrected chi connectivity index (χ1v) is 4.98. The van der Waals surface area contributed by atoms with Gasteiger partial charge in [0.25, 0.3) is 0 Å². The van der Waals surface area contributed by atoms with Gasteiger partial charge in [-0.15, -0.1) is 0 Å². The minimum Gasteiger partial charge on any atom is -0.381 e. The van der Waals surface area contributed by atoms with Crippen LogP contribution in [-0.4, -0.2) is 18.7 Å². The molecular weight excluding hydrogens is 195 g/mol. The lowest BCUT2D eigenvalue weighted by molar-refractivity contribution is 0.134. The summed E-state index contributed by atoms with van der Waals surface area (Å²) in [5, 5.41) is 3.25. The van der Waals surface area contributed by atoms with Crippen molar-refractivity contribution in [3.05, 3.63) is 36.7 Å². The molecule has 2 unspecified atom stereocenters. The van der Waals surface area contributed by atoms with Gasteiger partial charge in [-0.1, -0.05) is 0 Å². The highest BCUT2D eigenvalue weighted by Gasteiger charge is 2.22. The lowest BCUT2D eigenvalue weighted by Crippen LogP contribution is -2.45. The van der Waals surface area contributed by atoms with Gasteiger partial charge in [-0.25, -0.2) is 4.39 Å². The van der Waals surface area contributed by atoms with E-state index in [-0.39, 0.29) is 17.9 Å². The monoisotopic (exact) mass is 209 g/mol. The van der Waals surface area contributed by atoms with E-state index in [9.17, 15) is 4.39 Å². The maximum atomic E-state index is 12.7. The Morgan fingerprint density at radius 1 is 1.33 bits per heavy atom. The molecule has 1 fully saturated rings. The van der Waals surface area contributed by atoms with E-state index >= 15 is 0 Å². The first kappa shape index (κ1) is 10.4. The quantitative estimate of drug-likeness (QED) is 0.776. The van der Waals surface area contributed by atoms with E-state index in [1.54, 1.807) is 18.7 Å². The van der Waals surface area contributed by atoms with Crippen molar-refractivity contribution < 1.29 is 9.13 Å². The van der Waals surface area contributed by atoms with Crippen LogP contribution in [0.15, 0.2) is 24.3 Å². The van der Waals surface area contributed by atoms with Gasteiger partial charge in [0.2, 0.25) is 0 Å². The Bertz CT molecular complexity index is 315. The molecule has 1 radical (unpaired) electrons. The Balaban J connectivity index is 1.98. The van der Waals surface area contributed by atoms with E-state index in [1.165, 1.54) is 12.1 Å². The predicted molar refractivity (Wildman–Crippen MR) is 56.7 cm³/mol. The van der Waals surface area contributed by atoms with E-state index in [1.807, 2.05) is 0 Å². The molecule has 0 amide bonds. The number of anilines is 1. The van der Waals surface area contributed by atoms with E-state index in [4.69, 9.17) is 10.5 Å². The molecule has 15 heavy (non-hydrogen) atoms. The third kappa shape index (κ3) is 2.67. The standard InChI is InChI=1S/C11H14FN2O/c12-8-1-3-9(4-2-8)14-11-5-6-15-7-10(11)13/h1-4,7,10-11,14H,5-6,13H2. The van der Waals surface area contributed by atoms with Crippen molar-refractivity contribution >= 4 is 5.69 Å². The molecule has 81 valence electrons. The van der Waals surface area contributed by atoms with Gasteiger partial charge in [-0.05, 0) is 30.7 Å². The Hall–Kier alpha value is -1.13. The van der Waals surface area contributed by atoms with Gasteiger partial charge in [0.05, 0.1) is 6.04 Å². The number of nitrogens with one attached hydrogen (secondary N) is 1. The second-order valence-electron chi connectivity index (χ2n) is 3.63. The summed E-state index contributed by atoms with van der Waals surface area (Å²) in [4.78, 5) is 0. The van der Waals surface area contributed by atoms with Gasteiger partial charge >= 0.3 is 0 Å². The molecule has 1 heterocycles. The average Bonchev–Trinajstić information content (AvgIpc) is 2.25. The van der Waals surface area contributed by atoms with Crippen molar-refractivity contribution in [3.8, 4) is 0 Å². The fourth-order valence-corrected chi connectivity index (χ4v) is 1.59. The second-order valence-corrected chi connectivity index (χ2v) is 3.63. The van der Waals surface area contributed by atoms with Crippen molar-refractivity contribution in [1.29, 1.82) is 0 Å². The third-order valence-electron chi connectivity index (χ3n) is 2.46. The molecule has 3 nitrogen and oxygen atoms in total. The van der Waals surface area contributed by atoms with Gasteiger partial charge in [-0.2, -0.15) is 0 Å². The normalized spacial score (nSPS) is 26.3. The minimum atomic E-state index is -0.233. The third-order valence-corrected chi connectivity index (χ3v) is 2.46. The number of benzene rings is 1. The van der Waals surface area contributed by atoms with Crippen molar-refractivity contribution in [2.75, 3.05) is 11.9 Å². The zero-order valence-corrected chi connectivity index (χ0v) is 8.32. The van der Waals surface area contributed by atoms with E-state index < -0.39 is 0 Å².